The van der Waals surface area contributed by atoms with Gasteiger partial charge in [0.25, 0.3) is 0 Å². The molecule has 2 rings (SSSR count). The Kier molecular flexibility index (Phi) is 4.49. The summed E-state index contributed by atoms with van der Waals surface area (Å²) < 4.78 is 1.44. The topological polar surface area (TPSA) is 84.2 Å². The quantitative estimate of drug-likeness (QED) is 0.811. The second-order valence-electron chi connectivity index (χ2n) is 4.35. The Morgan fingerprint density at radius 2 is 2.00 bits per heavy atom. The normalized spacial score (nSPS) is 11.8. The third kappa shape index (κ3) is 3.94. The van der Waals surface area contributed by atoms with Crippen molar-refractivity contribution in [2.75, 3.05) is 0 Å². The van der Waals surface area contributed by atoms with Gasteiger partial charge in [0, 0.05) is 18.8 Å². The summed E-state index contributed by atoms with van der Waals surface area (Å²) in [5.74, 6) is -1.43. The predicted molar refractivity (Wildman–Crippen MR) is 71.9 cm³/mol. The van der Waals surface area contributed by atoms with Crippen molar-refractivity contribution in [2.24, 2.45) is 0 Å². The molecule has 0 radical (unpaired) electrons. The summed E-state index contributed by atoms with van der Waals surface area (Å²) in [6.45, 7) is 0.00553. The summed E-state index contributed by atoms with van der Waals surface area (Å²) in [5, 5.41) is 15.6. The van der Waals surface area contributed by atoms with E-state index in [0.29, 0.717) is 0 Å². The van der Waals surface area contributed by atoms with E-state index in [9.17, 15) is 14.7 Å². The predicted octanol–water partition coefficient (Wildman–Crippen LogP) is 0.695. The van der Waals surface area contributed by atoms with Crippen LogP contribution in [-0.2, 0) is 22.6 Å². The average molecular weight is 273 g/mol. The van der Waals surface area contributed by atoms with Gasteiger partial charge < -0.3 is 10.4 Å². The molecule has 20 heavy (non-hydrogen) atoms. The van der Waals surface area contributed by atoms with Crippen LogP contribution < -0.4 is 5.32 Å². The Morgan fingerprint density at radius 1 is 1.25 bits per heavy atom. The molecule has 1 atom stereocenters. The molecule has 0 spiro atoms. The van der Waals surface area contributed by atoms with E-state index in [4.69, 9.17) is 0 Å². The zero-order valence-corrected chi connectivity index (χ0v) is 10.8. The molecule has 2 aromatic rings. The molecule has 1 amide bonds. The van der Waals surface area contributed by atoms with Crippen LogP contribution in [0.4, 0.5) is 0 Å². The van der Waals surface area contributed by atoms with Gasteiger partial charge in [0.1, 0.15) is 12.6 Å². The van der Waals surface area contributed by atoms with E-state index in [-0.39, 0.29) is 18.9 Å². The van der Waals surface area contributed by atoms with Crippen molar-refractivity contribution >= 4 is 11.9 Å². The van der Waals surface area contributed by atoms with Crippen molar-refractivity contribution in [2.45, 2.75) is 19.0 Å². The van der Waals surface area contributed by atoms with Crippen LogP contribution in [0.3, 0.4) is 0 Å². The van der Waals surface area contributed by atoms with Gasteiger partial charge in [-0.3, -0.25) is 9.48 Å². The van der Waals surface area contributed by atoms with E-state index >= 15 is 0 Å². The fraction of sp³-hybridized carbons (Fsp3) is 0.214. The Morgan fingerprint density at radius 3 is 2.60 bits per heavy atom. The zero-order valence-electron chi connectivity index (χ0n) is 10.8. The molecule has 1 aromatic carbocycles. The van der Waals surface area contributed by atoms with E-state index in [1.165, 1.54) is 4.68 Å². The molecule has 0 saturated heterocycles. The van der Waals surface area contributed by atoms with Crippen LogP contribution in [0.1, 0.15) is 5.56 Å². The molecule has 0 saturated carbocycles. The maximum atomic E-state index is 11.8. The van der Waals surface area contributed by atoms with Crippen molar-refractivity contribution < 1.29 is 14.7 Å². The van der Waals surface area contributed by atoms with Gasteiger partial charge in [0.2, 0.25) is 5.91 Å². The average Bonchev–Trinajstić information content (AvgIpc) is 2.92. The van der Waals surface area contributed by atoms with E-state index in [0.717, 1.165) is 5.56 Å². The third-order valence-electron chi connectivity index (χ3n) is 2.78. The fourth-order valence-corrected chi connectivity index (χ4v) is 1.83. The lowest BCUT2D eigenvalue weighted by Gasteiger charge is -2.14. The highest BCUT2D eigenvalue weighted by molar-refractivity contribution is 5.83. The van der Waals surface area contributed by atoms with Gasteiger partial charge in [-0.1, -0.05) is 30.3 Å². The van der Waals surface area contributed by atoms with E-state index in [1.54, 1.807) is 18.5 Å². The summed E-state index contributed by atoms with van der Waals surface area (Å²) >= 11 is 0. The molecular weight excluding hydrogens is 258 g/mol. The zero-order chi connectivity index (χ0) is 14.4. The van der Waals surface area contributed by atoms with Crippen LogP contribution in [0.25, 0.3) is 0 Å². The molecular formula is C14H15N3O3. The number of carbonyl (C=O) groups excluding carboxylic acids is 1. The van der Waals surface area contributed by atoms with Crippen molar-refractivity contribution in [3.8, 4) is 0 Å². The number of rotatable bonds is 6. The van der Waals surface area contributed by atoms with Crippen molar-refractivity contribution in [3.63, 3.8) is 0 Å². The van der Waals surface area contributed by atoms with E-state index in [1.807, 2.05) is 30.3 Å². The van der Waals surface area contributed by atoms with Gasteiger partial charge in [-0.25, -0.2) is 4.79 Å². The Hall–Kier alpha value is -2.63. The number of amides is 1. The first kappa shape index (κ1) is 13.8. The van der Waals surface area contributed by atoms with Crippen LogP contribution in [0, 0.1) is 0 Å². The van der Waals surface area contributed by atoms with E-state index in [2.05, 4.69) is 10.4 Å². The molecule has 0 aliphatic carbocycles. The fourth-order valence-electron chi connectivity index (χ4n) is 1.83. The summed E-state index contributed by atoms with van der Waals surface area (Å²) in [5.41, 5.74) is 0.860. The number of carboxylic acids is 1. The van der Waals surface area contributed by atoms with Gasteiger partial charge >= 0.3 is 5.97 Å². The smallest absolute Gasteiger partial charge is 0.326 e. The highest BCUT2D eigenvalue weighted by Crippen LogP contribution is 2.03. The highest BCUT2D eigenvalue weighted by Gasteiger charge is 2.20. The van der Waals surface area contributed by atoms with Crippen molar-refractivity contribution in [1.82, 2.24) is 15.1 Å². The molecule has 0 unspecified atom stereocenters. The molecule has 104 valence electrons. The molecule has 0 aliphatic rings. The van der Waals surface area contributed by atoms with Crippen LogP contribution in [0.2, 0.25) is 0 Å². The number of benzene rings is 1. The Bertz CT molecular complexity index is 567. The molecule has 2 N–H and O–H groups in total. The Balaban J connectivity index is 1.95. The maximum absolute atomic E-state index is 11.8. The summed E-state index contributed by atoms with van der Waals surface area (Å²) in [6, 6.07) is 9.94. The van der Waals surface area contributed by atoms with Crippen LogP contribution >= 0.6 is 0 Å². The van der Waals surface area contributed by atoms with Gasteiger partial charge in [0.05, 0.1) is 0 Å². The van der Waals surface area contributed by atoms with E-state index < -0.39 is 12.0 Å². The minimum atomic E-state index is -1.05. The van der Waals surface area contributed by atoms with Crippen LogP contribution in [0.5, 0.6) is 0 Å². The number of nitrogens with one attached hydrogen (secondary N) is 1. The molecule has 6 heteroatoms. The molecule has 6 nitrogen and oxygen atoms in total. The molecule has 1 heterocycles. The number of carboxylic acid groups (broad SMARTS) is 1. The summed E-state index contributed by atoms with van der Waals surface area (Å²) in [6.07, 6.45) is 3.46. The first-order valence-corrected chi connectivity index (χ1v) is 6.18. The number of carbonyl (C=O) groups is 2. The largest absolute Gasteiger partial charge is 0.480 e. The first-order chi connectivity index (χ1) is 9.65. The van der Waals surface area contributed by atoms with Crippen molar-refractivity contribution in [1.29, 1.82) is 0 Å². The first-order valence-electron chi connectivity index (χ1n) is 6.18. The lowest BCUT2D eigenvalue weighted by molar-refractivity contribution is -0.141. The maximum Gasteiger partial charge on any atom is 0.326 e. The number of aromatic nitrogens is 2. The molecule has 1 aromatic heterocycles. The minimum absolute atomic E-state index is 0.00553. The minimum Gasteiger partial charge on any atom is -0.480 e. The van der Waals surface area contributed by atoms with Gasteiger partial charge in [-0.2, -0.15) is 5.10 Å². The van der Waals surface area contributed by atoms with Crippen molar-refractivity contribution in [3.05, 3.63) is 54.4 Å². The van der Waals surface area contributed by atoms with Gasteiger partial charge in [-0.05, 0) is 11.6 Å². The summed E-state index contributed by atoms with van der Waals surface area (Å²) in [4.78, 5) is 23.0. The number of aliphatic carboxylic acids is 1. The number of hydrogen-bond acceptors (Lipinski definition) is 3. The van der Waals surface area contributed by atoms with Gasteiger partial charge in [-0.15, -0.1) is 0 Å². The van der Waals surface area contributed by atoms with Crippen LogP contribution in [0.15, 0.2) is 48.8 Å². The highest BCUT2D eigenvalue weighted by atomic mass is 16.4. The monoisotopic (exact) mass is 273 g/mol. The molecule has 0 fully saturated rings. The lowest BCUT2D eigenvalue weighted by Crippen LogP contribution is -2.43. The lowest BCUT2D eigenvalue weighted by atomic mass is 10.1. The number of hydrogen-bond donors (Lipinski definition) is 2. The summed E-state index contributed by atoms with van der Waals surface area (Å²) in [7, 11) is 0. The second kappa shape index (κ2) is 6.51. The van der Waals surface area contributed by atoms with Gasteiger partial charge in [0.15, 0.2) is 0 Å². The second-order valence-corrected chi connectivity index (χ2v) is 4.35. The number of nitrogens with zero attached hydrogens (tertiary/aromatic N) is 2. The SMILES string of the molecule is O=C(Cn1cccn1)N[C@H](Cc1ccccc1)C(=O)O. The molecule has 0 aliphatic heterocycles. The third-order valence-corrected chi connectivity index (χ3v) is 2.78. The molecule has 0 bridgehead atoms. The Labute approximate surface area is 116 Å². The van der Waals surface area contributed by atoms with Crippen LogP contribution in [-0.4, -0.2) is 32.8 Å². The standard InChI is InChI=1S/C14H15N3O3/c18-13(10-17-8-4-7-15-17)16-12(14(19)20)9-11-5-2-1-3-6-11/h1-8,12H,9-10H2,(H,16,18)(H,19,20)/t12-/m1/s1.